The molecule has 1 N–H and O–H groups in total. The summed E-state index contributed by atoms with van der Waals surface area (Å²) >= 11 is 0. The van der Waals surface area contributed by atoms with Crippen molar-refractivity contribution in [2.45, 2.75) is 6.18 Å². The summed E-state index contributed by atoms with van der Waals surface area (Å²) in [5, 5.41) is 2.44. The number of carbonyl (C=O) groups excluding carboxylic acids is 1. The van der Waals surface area contributed by atoms with Crippen LogP contribution in [0.4, 0.5) is 23.7 Å². The number of urea groups is 1. The zero-order chi connectivity index (χ0) is 15.7. The standard InChI is InChI=1S/C12H13F3N2O3S/c13-12(14,15)9-1-3-10(4-2-9)16-11(18)17-5-7-21(19,20)8-6-17/h1-4H,5-8H2,(H,16,18). The van der Waals surface area contributed by atoms with Crippen molar-refractivity contribution in [1.82, 2.24) is 4.90 Å². The van der Waals surface area contributed by atoms with Crippen LogP contribution in [0.1, 0.15) is 5.56 Å². The molecule has 0 bridgehead atoms. The quantitative estimate of drug-likeness (QED) is 0.859. The molecule has 0 aromatic heterocycles. The molecule has 116 valence electrons. The highest BCUT2D eigenvalue weighted by atomic mass is 32.2. The molecule has 1 fully saturated rings. The number of nitrogens with zero attached hydrogens (tertiary/aromatic N) is 1. The molecule has 0 saturated carbocycles. The Morgan fingerprint density at radius 1 is 1.10 bits per heavy atom. The number of carbonyl (C=O) groups is 1. The predicted molar refractivity (Wildman–Crippen MR) is 70.7 cm³/mol. The Morgan fingerprint density at radius 3 is 2.10 bits per heavy atom. The van der Waals surface area contributed by atoms with Crippen molar-refractivity contribution in [1.29, 1.82) is 0 Å². The highest BCUT2D eigenvalue weighted by Gasteiger charge is 2.30. The number of amides is 2. The molecular weight excluding hydrogens is 309 g/mol. The number of alkyl halides is 3. The second-order valence-electron chi connectivity index (χ2n) is 4.64. The number of rotatable bonds is 1. The van der Waals surface area contributed by atoms with E-state index in [0.717, 1.165) is 24.3 Å². The number of sulfone groups is 1. The van der Waals surface area contributed by atoms with Crippen molar-refractivity contribution in [2.24, 2.45) is 0 Å². The summed E-state index contributed by atoms with van der Waals surface area (Å²) in [6.07, 6.45) is -4.43. The van der Waals surface area contributed by atoms with Gasteiger partial charge in [-0.1, -0.05) is 0 Å². The molecule has 1 heterocycles. The van der Waals surface area contributed by atoms with Crippen LogP contribution < -0.4 is 5.32 Å². The van der Waals surface area contributed by atoms with E-state index in [1.54, 1.807) is 0 Å². The smallest absolute Gasteiger partial charge is 0.322 e. The first-order chi connectivity index (χ1) is 9.67. The van der Waals surface area contributed by atoms with Crippen molar-refractivity contribution in [3.05, 3.63) is 29.8 Å². The summed E-state index contributed by atoms with van der Waals surface area (Å²) in [5.74, 6) is -0.207. The second-order valence-corrected chi connectivity index (χ2v) is 6.95. The van der Waals surface area contributed by atoms with Crippen molar-refractivity contribution in [3.63, 3.8) is 0 Å². The highest BCUT2D eigenvalue weighted by Crippen LogP contribution is 2.29. The van der Waals surface area contributed by atoms with Crippen molar-refractivity contribution >= 4 is 21.6 Å². The first-order valence-corrected chi connectivity index (χ1v) is 7.93. The largest absolute Gasteiger partial charge is 0.416 e. The monoisotopic (exact) mass is 322 g/mol. The van der Waals surface area contributed by atoms with Gasteiger partial charge in [0.05, 0.1) is 17.1 Å². The lowest BCUT2D eigenvalue weighted by atomic mass is 10.2. The van der Waals surface area contributed by atoms with Gasteiger partial charge in [0, 0.05) is 18.8 Å². The molecule has 5 nitrogen and oxygen atoms in total. The third kappa shape index (κ3) is 4.10. The van der Waals surface area contributed by atoms with Crippen LogP contribution in [0.15, 0.2) is 24.3 Å². The Balaban J connectivity index is 1.97. The van der Waals surface area contributed by atoms with Gasteiger partial charge in [-0.3, -0.25) is 0 Å². The molecule has 1 saturated heterocycles. The minimum atomic E-state index is -4.43. The number of hydrogen-bond donors (Lipinski definition) is 1. The summed E-state index contributed by atoms with van der Waals surface area (Å²) in [4.78, 5) is 13.2. The molecule has 0 aliphatic carbocycles. The van der Waals surface area contributed by atoms with E-state index < -0.39 is 27.6 Å². The van der Waals surface area contributed by atoms with Gasteiger partial charge < -0.3 is 10.2 Å². The van der Waals surface area contributed by atoms with Crippen LogP contribution in [0.3, 0.4) is 0 Å². The molecule has 0 unspecified atom stereocenters. The van der Waals surface area contributed by atoms with Gasteiger partial charge in [0.1, 0.15) is 0 Å². The number of hydrogen-bond acceptors (Lipinski definition) is 3. The van der Waals surface area contributed by atoms with E-state index >= 15 is 0 Å². The van der Waals surface area contributed by atoms with Crippen LogP contribution in [0.2, 0.25) is 0 Å². The van der Waals surface area contributed by atoms with Gasteiger partial charge in [-0.15, -0.1) is 0 Å². The minimum absolute atomic E-state index is 0.0782. The van der Waals surface area contributed by atoms with Gasteiger partial charge in [-0.25, -0.2) is 13.2 Å². The lowest BCUT2D eigenvalue weighted by Crippen LogP contribution is -2.45. The van der Waals surface area contributed by atoms with E-state index in [1.807, 2.05) is 0 Å². The second kappa shape index (κ2) is 5.55. The topological polar surface area (TPSA) is 66.5 Å². The maximum Gasteiger partial charge on any atom is 0.416 e. The molecule has 21 heavy (non-hydrogen) atoms. The molecule has 2 rings (SSSR count). The van der Waals surface area contributed by atoms with E-state index in [0.29, 0.717) is 0 Å². The van der Waals surface area contributed by atoms with E-state index in [9.17, 15) is 26.4 Å². The van der Waals surface area contributed by atoms with Gasteiger partial charge in [0.25, 0.3) is 0 Å². The van der Waals surface area contributed by atoms with Gasteiger partial charge in [0.2, 0.25) is 0 Å². The Morgan fingerprint density at radius 2 is 1.62 bits per heavy atom. The Labute approximate surface area is 119 Å². The number of anilines is 1. The lowest BCUT2D eigenvalue weighted by molar-refractivity contribution is -0.137. The molecule has 1 aliphatic rings. The van der Waals surface area contributed by atoms with Crippen molar-refractivity contribution in [2.75, 3.05) is 29.9 Å². The van der Waals surface area contributed by atoms with Crippen LogP contribution in [0, 0.1) is 0 Å². The maximum atomic E-state index is 12.4. The van der Waals surface area contributed by atoms with Gasteiger partial charge in [-0.05, 0) is 24.3 Å². The summed E-state index contributed by atoms with van der Waals surface area (Å²) in [7, 11) is -3.09. The number of halogens is 3. The van der Waals surface area contributed by atoms with Gasteiger partial charge in [0.15, 0.2) is 9.84 Å². The summed E-state index contributed by atoms with van der Waals surface area (Å²) in [6, 6.07) is 3.53. The van der Waals surface area contributed by atoms with Crippen LogP contribution in [0.5, 0.6) is 0 Å². The van der Waals surface area contributed by atoms with Crippen LogP contribution in [0.25, 0.3) is 0 Å². The molecule has 1 aromatic rings. The summed E-state index contributed by atoms with van der Waals surface area (Å²) in [5.41, 5.74) is -0.578. The lowest BCUT2D eigenvalue weighted by Gasteiger charge is -2.26. The number of benzene rings is 1. The Bertz CT molecular complexity index is 612. The molecular formula is C12H13F3N2O3S. The minimum Gasteiger partial charge on any atom is -0.322 e. The average Bonchev–Trinajstić information content (AvgIpc) is 2.38. The first kappa shape index (κ1) is 15.6. The molecule has 1 aromatic carbocycles. The van der Waals surface area contributed by atoms with E-state index in [2.05, 4.69) is 5.32 Å². The fraction of sp³-hybridized carbons (Fsp3) is 0.417. The Kier molecular flexibility index (Phi) is 4.13. The fourth-order valence-electron chi connectivity index (χ4n) is 1.86. The summed E-state index contributed by atoms with van der Waals surface area (Å²) in [6.45, 7) is 0.156. The van der Waals surface area contributed by atoms with Gasteiger partial charge in [-0.2, -0.15) is 13.2 Å². The predicted octanol–water partition coefficient (Wildman–Crippen LogP) is 1.97. The molecule has 2 amide bonds. The van der Waals surface area contributed by atoms with Crippen LogP contribution in [-0.2, 0) is 16.0 Å². The van der Waals surface area contributed by atoms with E-state index in [4.69, 9.17) is 0 Å². The first-order valence-electron chi connectivity index (χ1n) is 6.11. The SMILES string of the molecule is O=C(Nc1ccc(C(F)(F)F)cc1)N1CCS(=O)(=O)CC1. The van der Waals surface area contributed by atoms with Crippen molar-refractivity contribution < 1.29 is 26.4 Å². The molecule has 0 spiro atoms. The maximum absolute atomic E-state index is 12.4. The third-order valence-electron chi connectivity index (χ3n) is 3.10. The zero-order valence-electron chi connectivity index (χ0n) is 10.9. The molecule has 9 heteroatoms. The van der Waals surface area contributed by atoms with E-state index in [-0.39, 0.29) is 30.3 Å². The normalized spacial score (nSPS) is 18.3. The van der Waals surface area contributed by atoms with Crippen molar-refractivity contribution in [3.8, 4) is 0 Å². The van der Waals surface area contributed by atoms with Crippen LogP contribution >= 0.6 is 0 Å². The third-order valence-corrected chi connectivity index (χ3v) is 4.70. The fourth-order valence-corrected chi connectivity index (χ4v) is 3.06. The molecule has 0 radical (unpaired) electrons. The number of nitrogens with one attached hydrogen (secondary N) is 1. The molecule has 0 atom stereocenters. The highest BCUT2D eigenvalue weighted by molar-refractivity contribution is 7.91. The Hall–Kier alpha value is -1.77. The van der Waals surface area contributed by atoms with Crippen LogP contribution in [-0.4, -0.2) is 43.9 Å². The van der Waals surface area contributed by atoms with Gasteiger partial charge >= 0.3 is 12.2 Å². The average molecular weight is 322 g/mol. The molecule has 1 aliphatic heterocycles. The van der Waals surface area contributed by atoms with E-state index in [1.165, 1.54) is 4.90 Å². The summed E-state index contributed by atoms with van der Waals surface area (Å²) < 4.78 is 59.7. The zero-order valence-corrected chi connectivity index (χ0v) is 11.7.